The van der Waals surface area contributed by atoms with E-state index in [1.54, 1.807) is 0 Å². The van der Waals surface area contributed by atoms with Crippen molar-refractivity contribution in [2.75, 3.05) is 19.0 Å². The molecule has 72 valence electrons. The maximum Gasteiger partial charge on any atom is 0.0704 e. The van der Waals surface area contributed by atoms with E-state index in [0.29, 0.717) is 0 Å². The molecule has 0 unspecified atom stereocenters. The number of anilines is 1. The Morgan fingerprint density at radius 2 is 2.00 bits per heavy atom. The van der Waals surface area contributed by atoms with Crippen molar-refractivity contribution in [2.24, 2.45) is 0 Å². The van der Waals surface area contributed by atoms with Crippen LogP contribution in [0.15, 0.2) is 34.9 Å². The largest absolute Gasteiger partial charge is 0.378 e. The Hall–Kier alpha value is -1.09. The molecule has 2 nitrogen and oxygen atoms in total. The number of benzene rings is 1. The third-order valence-corrected chi connectivity index (χ3v) is 2.58. The van der Waals surface area contributed by atoms with Gasteiger partial charge in [0.1, 0.15) is 0 Å². The summed E-state index contributed by atoms with van der Waals surface area (Å²) in [5, 5.41) is 1.16. The first-order valence-corrected chi connectivity index (χ1v) is 5.19. The zero-order chi connectivity index (χ0) is 10.1. The van der Waals surface area contributed by atoms with Crippen LogP contribution in [0.1, 0.15) is 0 Å². The number of halogens is 1. The first-order valence-electron chi connectivity index (χ1n) is 4.39. The van der Waals surface area contributed by atoms with E-state index in [1.165, 1.54) is 5.69 Å². The van der Waals surface area contributed by atoms with Crippen molar-refractivity contribution in [3.63, 3.8) is 0 Å². The van der Waals surface area contributed by atoms with Crippen LogP contribution in [0.4, 0.5) is 5.69 Å². The monoisotopic (exact) mass is 250 g/mol. The lowest BCUT2D eigenvalue weighted by molar-refractivity contribution is 1.13. The number of rotatable bonds is 1. The normalized spacial score (nSPS) is 10.5. The van der Waals surface area contributed by atoms with E-state index < -0.39 is 0 Å². The van der Waals surface area contributed by atoms with Crippen LogP contribution in [-0.4, -0.2) is 19.1 Å². The van der Waals surface area contributed by atoms with Gasteiger partial charge in [0.05, 0.1) is 5.52 Å². The van der Waals surface area contributed by atoms with E-state index in [-0.39, 0.29) is 0 Å². The second-order valence-corrected chi connectivity index (χ2v) is 4.34. The van der Waals surface area contributed by atoms with Gasteiger partial charge in [-0.2, -0.15) is 0 Å². The van der Waals surface area contributed by atoms with Gasteiger partial charge >= 0.3 is 0 Å². The predicted octanol–water partition coefficient (Wildman–Crippen LogP) is 3.06. The van der Waals surface area contributed by atoms with Crippen LogP contribution >= 0.6 is 15.9 Å². The van der Waals surface area contributed by atoms with Crippen molar-refractivity contribution in [2.45, 2.75) is 0 Å². The SMILES string of the molecule is CN(C)c1ccc2ncc(Br)cc2c1. The van der Waals surface area contributed by atoms with Gasteiger partial charge in [-0.25, -0.2) is 0 Å². The van der Waals surface area contributed by atoms with E-state index in [4.69, 9.17) is 0 Å². The smallest absolute Gasteiger partial charge is 0.0704 e. The second-order valence-electron chi connectivity index (χ2n) is 3.42. The molecule has 3 heteroatoms. The minimum atomic E-state index is 1.01. The average Bonchev–Trinajstić information content (AvgIpc) is 2.16. The summed E-state index contributed by atoms with van der Waals surface area (Å²) in [6.07, 6.45) is 1.82. The van der Waals surface area contributed by atoms with Crippen molar-refractivity contribution in [3.8, 4) is 0 Å². The lowest BCUT2D eigenvalue weighted by Crippen LogP contribution is -2.08. The Kier molecular flexibility index (Phi) is 2.42. The van der Waals surface area contributed by atoms with Crippen molar-refractivity contribution in [1.82, 2.24) is 4.98 Å². The fourth-order valence-corrected chi connectivity index (χ4v) is 1.72. The first kappa shape index (κ1) is 9.46. The van der Waals surface area contributed by atoms with Crippen molar-refractivity contribution in [3.05, 3.63) is 34.9 Å². The summed E-state index contributed by atoms with van der Waals surface area (Å²) >= 11 is 3.42. The number of aromatic nitrogens is 1. The quantitative estimate of drug-likeness (QED) is 0.774. The molecule has 0 N–H and O–H groups in total. The molecule has 0 saturated heterocycles. The predicted molar refractivity (Wildman–Crippen MR) is 63.8 cm³/mol. The summed E-state index contributed by atoms with van der Waals surface area (Å²) in [5.74, 6) is 0. The van der Waals surface area contributed by atoms with Crippen LogP contribution < -0.4 is 4.90 Å². The summed E-state index contributed by atoms with van der Waals surface area (Å²) in [6.45, 7) is 0. The Morgan fingerprint density at radius 1 is 1.21 bits per heavy atom. The molecule has 1 aromatic carbocycles. The molecule has 1 heterocycles. The fourth-order valence-electron chi connectivity index (χ4n) is 1.37. The molecular weight excluding hydrogens is 240 g/mol. The highest BCUT2D eigenvalue weighted by Gasteiger charge is 1.99. The molecule has 1 aromatic heterocycles. The van der Waals surface area contributed by atoms with Gasteiger partial charge < -0.3 is 4.90 Å². The lowest BCUT2D eigenvalue weighted by Gasteiger charge is -2.12. The number of pyridine rings is 1. The minimum absolute atomic E-state index is 1.01. The summed E-state index contributed by atoms with van der Waals surface area (Å²) in [7, 11) is 4.07. The zero-order valence-corrected chi connectivity index (χ0v) is 9.75. The minimum Gasteiger partial charge on any atom is -0.378 e. The summed E-state index contributed by atoms with van der Waals surface area (Å²) in [4.78, 5) is 6.40. The van der Waals surface area contributed by atoms with E-state index in [1.807, 2.05) is 26.4 Å². The third-order valence-electron chi connectivity index (χ3n) is 2.15. The van der Waals surface area contributed by atoms with Crippen LogP contribution in [0.2, 0.25) is 0 Å². The highest BCUT2D eigenvalue weighted by atomic mass is 79.9. The molecule has 0 aliphatic heterocycles. The molecule has 0 atom stereocenters. The van der Waals surface area contributed by atoms with E-state index in [2.05, 4.69) is 44.0 Å². The Labute approximate surface area is 91.7 Å². The molecule has 0 saturated carbocycles. The van der Waals surface area contributed by atoms with Crippen LogP contribution in [0.5, 0.6) is 0 Å². The highest BCUT2D eigenvalue weighted by molar-refractivity contribution is 9.10. The molecular formula is C11H11BrN2. The summed E-state index contributed by atoms with van der Waals surface area (Å²) < 4.78 is 1.01. The second kappa shape index (κ2) is 3.58. The third kappa shape index (κ3) is 1.73. The molecule has 2 aromatic rings. The fraction of sp³-hybridized carbons (Fsp3) is 0.182. The van der Waals surface area contributed by atoms with Gasteiger partial charge in [-0.1, -0.05) is 0 Å². The number of hydrogen-bond acceptors (Lipinski definition) is 2. The standard InChI is InChI=1S/C11H11BrN2/c1-14(2)10-3-4-11-8(6-10)5-9(12)7-13-11/h3-7H,1-2H3. The Bertz CT molecular complexity index is 466. The van der Waals surface area contributed by atoms with Crippen molar-refractivity contribution >= 4 is 32.5 Å². The molecule has 0 radical (unpaired) electrons. The van der Waals surface area contributed by atoms with Gasteiger partial charge in [0.15, 0.2) is 0 Å². The number of fused-ring (bicyclic) bond motifs is 1. The molecule has 0 bridgehead atoms. The maximum absolute atomic E-state index is 4.32. The van der Waals surface area contributed by atoms with Gasteiger partial charge in [0, 0.05) is 35.8 Å². The van der Waals surface area contributed by atoms with E-state index in [9.17, 15) is 0 Å². The molecule has 0 aliphatic carbocycles. The highest BCUT2D eigenvalue weighted by Crippen LogP contribution is 2.21. The average molecular weight is 251 g/mol. The lowest BCUT2D eigenvalue weighted by atomic mass is 10.2. The van der Waals surface area contributed by atoms with Gasteiger partial charge in [-0.15, -0.1) is 0 Å². The molecule has 0 spiro atoms. The van der Waals surface area contributed by atoms with Crippen LogP contribution in [-0.2, 0) is 0 Å². The molecule has 0 aliphatic rings. The summed E-state index contributed by atoms with van der Waals surface area (Å²) in [6, 6.07) is 8.32. The van der Waals surface area contributed by atoms with Gasteiger partial charge in [0.25, 0.3) is 0 Å². The van der Waals surface area contributed by atoms with E-state index >= 15 is 0 Å². The van der Waals surface area contributed by atoms with Crippen LogP contribution in [0.25, 0.3) is 10.9 Å². The first-order chi connectivity index (χ1) is 6.66. The maximum atomic E-state index is 4.32. The summed E-state index contributed by atoms with van der Waals surface area (Å²) in [5.41, 5.74) is 2.22. The van der Waals surface area contributed by atoms with Gasteiger partial charge in [-0.3, -0.25) is 4.98 Å². The van der Waals surface area contributed by atoms with E-state index in [0.717, 1.165) is 15.4 Å². The zero-order valence-electron chi connectivity index (χ0n) is 8.16. The topological polar surface area (TPSA) is 16.1 Å². The van der Waals surface area contributed by atoms with Gasteiger partial charge in [-0.05, 0) is 40.2 Å². The Morgan fingerprint density at radius 3 is 2.71 bits per heavy atom. The molecule has 0 fully saturated rings. The Balaban J connectivity index is 2.63. The van der Waals surface area contributed by atoms with Gasteiger partial charge in [0.2, 0.25) is 0 Å². The molecule has 0 amide bonds. The van der Waals surface area contributed by atoms with Crippen molar-refractivity contribution < 1.29 is 0 Å². The number of nitrogens with zero attached hydrogens (tertiary/aromatic N) is 2. The van der Waals surface area contributed by atoms with Crippen molar-refractivity contribution in [1.29, 1.82) is 0 Å². The molecule has 2 rings (SSSR count). The number of hydrogen-bond donors (Lipinski definition) is 0. The molecule has 14 heavy (non-hydrogen) atoms. The van der Waals surface area contributed by atoms with Crippen LogP contribution in [0, 0.1) is 0 Å². The van der Waals surface area contributed by atoms with Crippen LogP contribution in [0.3, 0.4) is 0 Å².